The van der Waals surface area contributed by atoms with Gasteiger partial charge in [-0.2, -0.15) is 9.67 Å². The van der Waals surface area contributed by atoms with Crippen molar-refractivity contribution in [2.75, 3.05) is 12.9 Å². The molecule has 0 aliphatic heterocycles. The number of benzene rings is 3. The second kappa shape index (κ2) is 10.7. The topological polar surface area (TPSA) is 103 Å². The number of amides is 1. The Kier molecular flexibility index (Phi) is 7.24. The van der Waals surface area contributed by atoms with Gasteiger partial charge in [0.2, 0.25) is 0 Å². The van der Waals surface area contributed by atoms with Crippen molar-refractivity contribution < 1.29 is 19.2 Å². The van der Waals surface area contributed by atoms with Crippen LogP contribution in [-0.2, 0) is 4.79 Å². The molecule has 0 aliphatic carbocycles. The first-order chi connectivity index (χ1) is 16.5. The van der Waals surface area contributed by atoms with Crippen LogP contribution in [0.5, 0.6) is 11.5 Å². The molecule has 8 nitrogen and oxygen atoms in total. The van der Waals surface area contributed by atoms with Gasteiger partial charge in [0.15, 0.2) is 0 Å². The van der Waals surface area contributed by atoms with E-state index in [9.17, 15) is 9.90 Å². The fourth-order valence-electron chi connectivity index (χ4n) is 3.26. The molecule has 1 heterocycles. The van der Waals surface area contributed by atoms with Gasteiger partial charge in [0, 0.05) is 5.56 Å². The number of phenols is 1. The Morgan fingerprint density at radius 3 is 2.59 bits per heavy atom. The van der Waals surface area contributed by atoms with Crippen molar-refractivity contribution in [2.24, 2.45) is 5.10 Å². The number of carbonyl (C=O) groups excluding carboxylic acids is 1. The van der Waals surface area contributed by atoms with E-state index in [4.69, 9.17) is 4.74 Å². The second-order valence-corrected chi connectivity index (χ2v) is 8.27. The molecule has 3 aromatic carbocycles. The number of para-hydroxylation sites is 1. The van der Waals surface area contributed by atoms with Crippen LogP contribution in [0, 0.1) is 0 Å². The maximum Gasteiger partial charge on any atom is 0.342 e. The molecule has 0 aliphatic rings. The summed E-state index contributed by atoms with van der Waals surface area (Å²) in [5.41, 5.74) is 5.74. The van der Waals surface area contributed by atoms with Crippen molar-refractivity contribution in [3.05, 3.63) is 84.4 Å². The number of phenolic OH excluding ortho intramolecular Hbond substituents is 1. The molecule has 0 saturated carbocycles. The number of nitrogens with one attached hydrogen (secondary N) is 2. The summed E-state index contributed by atoms with van der Waals surface area (Å²) in [6.45, 7) is 1.76. The van der Waals surface area contributed by atoms with Crippen molar-refractivity contribution in [3.63, 3.8) is 0 Å². The van der Waals surface area contributed by atoms with Crippen molar-refractivity contribution in [1.29, 1.82) is 0 Å². The summed E-state index contributed by atoms with van der Waals surface area (Å²) in [4.78, 5) is 12.5. The minimum atomic E-state index is -0.266. The third-order valence-electron chi connectivity index (χ3n) is 4.99. The van der Waals surface area contributed by atoms with E-state index in [1.54, 1.807) is 32.2 Å². The van der Waals surface area contributed by atoms with E-state index in [-0.39, 0.29) is 17.4 Å². The number of thioether (sulfide) groups is 1. The summed E-state index contributed by atoms with van der Waals surface area (Å²) in [6.07, 6.45) is 0. The molecular formula is C25H24N5O3S+. The average Bonchev–Trinajstić information content (AvgIpc) is 3.30. The maximum atomic E-state index is 12.5. The number of hydrogen-bond acceptors (Lipinski definition) is 6. The number of aromatic amines is 1. The molecule has 34 heavy (non-hydrogen) atoms. The number of nitrogens with zero attached hydrogens (tertiary/aromatic N) is 3. The predicted octanol–water partition coefficient (Wildman–Crippen LogP) is 3.70. The van der Waals surface area contributed by atoms with Gasteiger partial charge in [-0.3, -0.25) is 4.79 Å². The van der Waals surface area contributed by atoms with E-state index in [0.29, 0.717) is 10.9 Å². The summed E-state index contributed by atoms with van der Waals surface area (Å²) in [5.74, 6) is 1.55. The van der Waals surface area contributed by atoms with Crippen LogP contribution < -0.4 is 14.7 Å². The first-order valence-corrected chi connectivity index (χ1v) is 11.5. The number of H-pyrrole nitrogens is 1. The lowest BCUT2D eigenvalue weighted by Crippen LogP contribution is -2.34. The van der Waals surface area contributed by atoms with Gasteiger partial charge in [-0.1, -0.05) is 30.3 Å². The van der Waals surface area contributed by atoms with Crippen LogP contribution in [0.25, 0.3) is 17.1 Å². The molecule has 0 radical (unpaired) electrons. The predicted molar refractivity (Wildman–Crippen MR) is 131 cm³/mol. The minimum Gasteiger partial charge on any atom is -0.508 e. The normalized spacial score (nSPS) is 11.3. The van der Waals surface area contributed by atoms with Gasteiger partial charge in [-0.25, -0.2) is 5.43 Å². The fourth-order valence-corrected chi connectivity index (χ4v) is 4.02. The Labute approximate surface area is 201 Å². The first-order valence-electron chi connectivity index (χ1n) is 10.5. The van der Waals surface area contributed by atoms with E-state index in [0.717, 1.165) is 28.4 Å². The second-order valence-electron chi connectivity index (χ2n) is 7.33. The number of methoxy groups -OCH3 is 1. The van der Waals surface area contributed by atoms with Crippen LogP contribution in [0.1, 0.15) is 12.5 Å². The number of hydrazone groups is 1. The van der Waals surface area contributed by atoms with Crippen LogP contribution >= 0.6 is 11.8 Å². The highest BCUT2D eigenvalue weighted by atomic mass is 32.2. The lowest BCUT2D eigenvalue weighted by molar-refractivity contribution is -0.625. The lowest BCUT2D eigenvalue weighted by atomic mass is 10.1. The summed E-state index contributed by atoms with van der Waals surface area (Å²) in [6, 6.07) is 24.2. The molecule has 4 aromatic rings. The van der Waals surface area contributed by atoms with Gasteiger partial charge in [0.1, 0.15) is 17.2 Å². The number of ether oxygens (including phenoxy) is 1. The first kappa shape index (κ1) is 23.1. The Morgan fingerprint density at radius 1 is 1.12 bits per heavy atom. The average molecular weight is 475 g/mol. The van der Waals surface area contributed by atoms with Crippen LogP contribution in [-0.4, -0.2) is 39.8 Å². The Bertz CT molecular complexity index is 1300. The highest BCUT2D eigenvalue weighted by molar-refractivity contribution is 7.99. The Hall–Kier alpha value is -4.11. The largest absolute Gasteiger partial charge is 0.508 e. The number of aromatic nitrogens is 3. The molecule has 0 bridgehead atoms. The van der Waals surface area contributed by atoms with Crippen LogP contribution in [0.15, 0.2) is 89.1 Å². The molecule has 1 aromatic heterocycles. The van der Waals surface area contributed by atoms with E-state index < -0.39 is 0 Å². The van der Waals surface area contributed by atoms with Crippen molar-refractivity contribution in [3.8, 4) is 28.6 Å². The molecular weight excluding hydrogens is 450 g/mol. The molecule has 0 atom stereocenters. The van der Waals surface area contributed by atoms with Gasteiger partial charge in [0.25, 0.3) is 11.7 Å². The minimum absolute atomic E-state index is 0.122. The van der Waals surface area contributed by atoms with Gasteiger partial charge in [-0.15, -0.1) is 5.10 Å². The standard InChI is InChI=1S/C25H23N5O3S/c1-17(19-7-6-10-21(31)15-19)26-27-23(32)16-34-25-29-28-24(18-11-13-22(33-2)14-12-18)30(25)20-8-4-3-5-9-20/h3-15H,16H2,1-2H3,(H2,27,31,32)/p+1/b26-17+. The van der Waals surface area contributed by atoms with Gasteiger partial charge in [0.05, 0.1) is 29.2 Å². The number of rotatable bonds is 8. The third-order valence-corrected chi connectivity index (χ3v) is 5.93. The zero-order chi connectivity index (χ0) is 23.9. The highest BCUT2D eigenvalue weighted by Gasteiger charge is 2.24. The Morgan fingerprint density at radius 2 is 1.88 bits per heavy atom. The number of hydrogen-bond donors (Lipinski definition) is 3. The summed E-state index contributed by atoms with van der Waals surface area (Å²) in [7, 11) is 1.63. The van der Waals surface area contributed by atoms with E-state index in [1.165, 1.54) is 11.8 Å². The molecule has 172 valence electrons. The van der Waals surface area contributed by atoms with Crippen molar-refractivity contribution in [1.82, 2.24) is 15.6 Å². The molecule has 0 fully saturated rings. The molecule has 1 amide bonds. The maximum absolute atomic E-state index is 12.5. The number of carbonyl (C=O) groups is 1. The molecule has 0 spiro atoms. The quantitative estimate of drug-likeness (QED) is 0.156. The van der Waals surface area contributed by atoms with Crippen LogP contribution in [0.2, 0.25) is 0 Å². The van der Waals surface area contributed by atoms with Crippen molar-refractivity contribution in [2.45, 2.75) is 12.1 Å². The zero-order valence-corrected chi connectivity index (χ0v) is 19.5. The molecule has 4 rings (SSSR count). The summed E-state index contributed by atoms with van der Waals surface area (Å²) in [5, 5.41) is 22.0. The van der Waals surface area contributed by atoms with Gasteiger partial charge >= 0.3 is 5.16 Å². The highest BCUT2D eigenvalue weighted by Crippen LogP contribution is 2.22. The summed E-state index contributed by atoms with van der Waals surface area (Å²) < 4.78 is 7.23. The summed E-state index contributed by atoms with van der Waals surface area (Å²) >= 11 is 1.30. The molecule has 0 saturated heterocycles. The fraction of sp³-hybridized carbons (Fsp3) is 0.120. The monoisotopic (exact) mass is 474 g/mol. The smallest absolute Gasteiger partial charge is 0.342 e. The molecule has 3 N–H and O–H groups in total. The molecule has 0 unspecified atom stereocenters. The SMILES string of the molecule is COc1ccc(-c2[nH]nc(SCC(=O)N/N=C(\C)c3cccc(O)c3)[n+]2-c2ccccc2)cc1. The lowest BCUT2D eigenvalue weighted by Gasteiger charge is -2.05. The van der Waals surface area contributed by atoms with Gasteiger partial charge in [-0.05, 0) is 67.2 Å². The van der Waals surface area contributed by atoms with Crippen LogP contribution in [0.3, 0.4) is 0 Å². The van der Waals surface area contributed by atoms with E-state index in [2.05, 4.69) is 20.7 Å². The molecule has 9 heteroatoms. The van der Waals surface area contributed by atoms with Gasteiger partial charge < -0.3 is 9.84 Å². The third kappa shape index (κ3) is 5.44. The van der Waals surface area contributed by atoms with E-state index in [1.807, 2.05) is 65.2 Å². The zero-order valence-electron chi connectivity index (χ0n) is 18.7. The number of aromatic hydroxyl groups is 1. The Balaban J connectivity index is 1.52. The van der Waals surface area contributed by atoms with Crippen LogP contribution in [0.4, 0.5) is 0 Å². The van der Waals surface area contributed by atoms with E-state index >= 15 is 0 Å². The van der Waals surface area contributed by atoms with Crippen molar-refractivity contribution >= 4 is 23.4 Å².